The molecule has 1 fully saturated rings. The molecule has 0 aromatic carbocycles. The molecule has 0 saturated carbocycles. The smallest absolute Gasteiger partial charge is 0.254 e. The van der Waals surface area contributed by atoms with Crippen LogP contribution in [-0.4, -0.2) is 47.4 Å². The zero-order valence-electron chi connectivity index (χ0n) is 15.0. The molecule has 0 N–H and O–H groups in total. The lowest BCUT2D eigenvalue weighted by Crippen LogP contribution is -2.37. The molecule has 1 aliphatic heterocycles. The number of hydrogen-bond acceptors (Lipinski definition) is 6. The van der Waals surface area contributed by atoms with Crippen LogP contribution in [0.2, 0.25) is 0 Å². The van der Waals surface area contributed by atoms with E-state index in [1.807, 2.05) is 10.8 Å². The summed E-state index contributed by atoms with van der Waals surface area (Å²) in [4.78, 5) is 11.2. The molecular weight excluding hydrogens is 316 g/mol. The molecule has 0 bridgehead atoms. The minimum Gasteiger partial charge on any atom is -0.356 e. The van der Waals surface area contributed by atoms with Gasteiger partial charge in [-0.2, -0.15) is 14.6 Å². The monoisotopic (exact) mass is 340 g/mol. The van der Waals surface area contributed by atoms with Gasteiger partial charge in [0.1, 0.15) is 24.3 Å². The third-order valence-corrected chi connectivity index (χ3v) is 4.92. The lowest BCUT2D eigenvalue weighted by atomic mass is 9.97. The minimum absolute atomic E-state index is 0.370. The number of anilines is 1. The van der Waals surface area contributed by atoms with Gasteiger partial charge in [0, 0.05) is 36.8 Å². The lowest BCUT2D eigenvalue weighted by molar-refractivity contribution is 0.451. The quantitative estimate of drug-likeness (QED) is 0.725. The minimum atomic E-state index is 0.370. The molecular formula is C17H24N8. The Bertz CT molecular complexity index is 865. The lowest BCUT2D eigenvalue weighted by Gasteiger charge is -2.34. The number of piperidine rings is 1. The summed E-state index contributed by atoms with van der Waals surface area (Å²) < 4.78 is 4.03. The van der Waals surface area contributed by atoms with E-state index in [1.54, 1.807) is 6.33 Å². The van der Waals surface area contributed by atoms with Crippen LogP contribution in [0.15, 0.2) is 18.7 Å². The summed E-state index contributed by atoms with van der Waals surface area (Å²) in [6, 6.07) is 2.51. The van der Waals surface area contributed by atoms with Crippen molar-refractivity contribution in [2.45, 2.75) is 52.0 Å². The molecule has 4 rings (SSSR count). The molecule has 8 nitrogen and oxygen atoms in total. The Morgan fingerprint density at radius 1 is 1.32 bits per heavy atom. The maximum Gasteiger partial charge on any atom is 0.254 e. The zero-order chi connectivity index (χ0) is 17.4. The van der Waals surface area contributed by atoms with E-state index in [4.69, 9.17) is 0 Å². The van der Waals surface area contributed by atoms with Crippen molar-refractivity contribution in [3.63, 3.8) is 0 Å². The summed E-state index contributed by atoms with van der Waals surface area (Å²) in [6.45, 7) is 8.37. The van der Waals surface area contributed by atoms with E-state index in [1.165, 1.54) is 0 Å². The highest BCUT2D eigenvalue weighted by atomic mass is 15.4. The number of rotatable bonds is 4. The van der Waals surface area contributed by atoms with E-state index in [0.29, 0.717) is 17.7 Å². The van der Waals surface area contributed by atoms with Gasteiger partial charge in [0.05, 0.1) is 0 Å². The number of nitrogens with zero attached hydrogens (tertiary/aromatic N) is 8. The van der Waals surface area contributed by atoms with E-state index in [0.717, 1.165) is 49.7 Å². The normalized spacial score (nSPS) is 18.4. The fraction of sp³-hybridized carbons (Fsp3) is 0.588. The Morgan fingerprint density at radius 2 is 2.20 bits per heavy atom. The third kappa shape index (κ3) is 2.85. The molecule has 132 valence electrons. The molecule has 3 aromatic heterocycles. The molecule has 0 radical (unpaired) electrons. The molecule has 8 heteroatoms. The first-order valence-corrected chi connectivity index (χ1v) is 9.01. The summed E-state index contributed by atoms with van der Waals surface area (Å²) >= 11 is 0. The first kappa shape index (κ1) is 16.0. The Hall–Kier alpha value is -2.51. The van der Waals surface area contributed by atoms with E-state index in [2.05, 4.69) is 61.6 Å². The van der Waals surface area contributed by atoms with Crippen molar-refractivity contribution >= 4 is 11.6 Å². The van der Waals surface area contributed by atoms with Crippen molar-refractivity contribution in [2.75, 3.05) is 18.0 Å². The second-order valence-electron chi connectivity index (χ2n) is 6.91. The molecule has 25 heavy (non-hydrogen) atoms. The standard InChI is InChI=1S/C17H24N8/c1-4-14-8-15(25-17(21-14)18-10-20-25)23-7-5-6-13(9-23)16-22-19-11-24(16)12(2)3/h8,10-13H,4-7,9H2,1-3H3. The molecule has 3 aromatic rings. The van der Waals surface area contributed by atoms with Crippen molar-refractivity contribution in [1.29, 1.82) is 0 Å². The van der Waals surface area contributed by atoms with Crippen LogP contribution in [0.25, 0.3) is 5.78 Å². The maximum atomic E-state index is 4.55. The topological polar surface area (TPSA) is 77.0 Å². The molecule has 0 amide bonds. The van der Waals surface area contributed by atoms with Gasteiger partial charge in [0.25, 0.3) is 5.78 Å². The van der Waals surface area contributed by atoms with Crippen molar-refractivity contribution < 1.29 is 0 Å². The maximum absolute atomic E-state index is 4.55. The van der Waals surface area contributed by atoms with Crippen LogP contribution in [0.5, 0.6) is 0 Å². The Labute approximate surface area is 146 Å². The average Bonchev–Trinajstić information content (AvgIpc) is 3.30. The Balaban J connectivity index is 1.68. The Kier molecular flexibility index (Phi) is 4.10. The number of aromatic nitrogens is 7. The Morgan fingerprint density at radius 3 is 3.00 bits per heavy atom. The number of hydrogen-bond donors (Lipinski definition) is 0. The van der Waals surface area contributed by atoms with Gasteiger partial charge < -0.3 is 9.47 Å². The second kappa shape index (κ2) is 6.42. The van der Waals surface area contributed by atoms with E-state index >= 15 is 0 Å². The first-order valence-electron chi connectivity index (χ1n) is 9.01. The van der Waals surface area contributed by atoms with E-state index in [-0.39, 0.29) is 0 Å². The van der Waals surface area contributed by atoms with Gasteiger partial charge in [-0.15, -0.1) is 10.2 Å². The summed E-state index contributed by atoms with van der Waals surface area (Å²) in [7, 11) is 0. The largest absolute Gasteiger partial charge is 0.356 e. The SMILES string of the molecule is CCc1cc(N2CCCC(c3nncn3C(C)C)C2)n2ncnc2n1. The van der Waals surface area contributed by atoms with Gasteiger partial charge in [-0.1, -0.05) is 6.92 Å². The molecule has 1 saturated heterocycles. The summed E-state index contributed by atoms with van der Waals surface area (Å²) in [5, 5.41) is 12.9. The van der Waals surface area contributed by atoms with Crippen molar-refractivity contribution in [3.05, 3.63) is 30.2 Å². The predicted octanol–water partition coefficient (Wildman–Crippen LogP) is 2.24. The molecule has 1 unspecified atom stereocenters. The van der Waals surface area contributed by atoms with Crippen LogP contribution >= 0.6 is 0 Å². The third-order valence-electron chi connectivity index (χ3n) is 4.92. The van der Waals surface area contributed by atoms with Gasteiger partial charge in [0.2, 0.25) is 0 Å². The highest BCUT2D eigenvalue weighted by Gasteiger charge is 2.27. The van der Waals surface area contributed by atoms with Crippen molar-refractivity contribution in [1.82, 2.24) is 34.3 Å². The second-order valence-corrected chi connectivity index (χ2v) is 6.91. The first-order chi connectivity index (χ1) is 12.2. The zero-order valence-corrected chi connectivity index (χ0v) is 15.0. The van der Waals surface area contributed by atoms with Gasteiger partial charge in [-0.05, 0) is 33.1 Å². The van der Waals surface area contributed by atoms with Crippen LogP contribution in [0.3, 0.4) is 0 Å². The van der Waals surface area contributed by atoms with Crippen LogP contribution in [0.1, 0.15) is 57.1 Å². The molecule has 0 aliphatic carbocycles. The molecule has 1 aliphatic rings. The number of fused-ring (bicyclic) bond motifs is 1. The summed E-state index contributed by atoms with van der Waals surface area (Å²) in [5.74, 6) is 3.19. The van der Waals surface area contributed by atoms with Crippen molar-refractivity contribution in [3.8, 4) is 0 Å². The van der Waals surface area contributed by atoms with Gasteiger partial charge >= 0.3 is 0 Å². The van der Waals surface area contributed by atoms with Crippen molar-refractivity contribution in [2.24, 2.45) is 0 Å². The van der Waals surface area contributed by atoms with Crippen LogP contribution in [0, 0.1) is 0 Å². The summed E-state index contributed by atoms with van der Waals surface area (Å²) in [5.41, 5.74) is 1.04. The molecule has 1 atom stereocenters. The molecule has 4 heterocycles. The van der Waals surface area contributed by atoms with Crippen LogP contribution in [-0.2, 0) is 6.42 Å². The highest BCUT2D eigenvalue weighted by Crippen LogP contribution is 2.30. The summed E-state index contributed by atoms with van der Waals surface area (Å²) in [6.07, 6.45) is 6.55. The van der Waals surface area contributed by atoms with Gasteiger partial charge in [-0.25, -0.2) is 4.98 Å². The highest BCUT2D eigenvalue weighted by molar-refractivity contribution is 5.48. The van der Waals surface area contributed by atoms with Crippen LogP contribution in [0.4, 0.5) is 5.82 Å². The average molecular weight is 340 g/mol. The van der Waals surface area contributed by atoms with E-state index in [9.17, 15) is 0 Å². The van der Waals surface area contributed by atoms with E-state index < -0.39 is 0 Å². The fourth-order valence-corrected chi connectivity index (χ4v) is 3.59. The number of aryl methyl sites for hydroxylation is 1. The molecule has 0 spiro atoms. The predicted molar refractivity (Wildman–Crippen MR) is 94.8 cm³/mol. The van der Waals surface area contributed by atoms with Crippen LogP contribution < -0.4 is 4.90 Å². The fourth-order valence-electron chi connectivity index (χ4n) is 3.59. The van der Waals surface area contributed by atoms with Gasteiger partial charge in [-0.3, -0.25) is 0 Å². The van der Waals surface area contributed by atoms with Gasteiger partial charge in [0.15, 0.2) is 0 Å².